The summed E-state index contributed by atoms with van der Waals surface area (Å²) in [5, 5.41) is 0. The van der Waals surface area contributed by atoms with Gasteiger partial charge in [-0.2, -0.15) is 0 Å². The van der Waals surface area contributed by atoms with Crippen molar-refractivity contribution in [2.75, 3.05) is 0 Å². The molecule has 0 bridgehead atoms. The molecule has 1 aliphatic carbocycles. The molecule has 0 atom stereocenters. The number of rotatable bonds is 10. The molecule has 0 saturated heterocycles. The molecule has 33 heavy (non-hydrogen) atoms. The van der Waals surface area contributed by atoms with Gasteiger partial charge < -0.3 is 0 Å². The van der Waals surface area contributed by atoms with Crippen molar-refractivity contribution < 1.29 is 0 Å². The summed E-state index contributed by atoms with van der Waals surface area (Å²) >= 11 is 0. The van der Waals surface area contributed by atoms with Crippen molar-refractivity contribution in [3.8, 4) is 11.1 Å². The Balaban J connectivity index is 1.21. The van der Waals surface area contributed by atoms with Crippen LogP contribution in [0.2, 0.25) is 0 Å². The third kappa shape index (κ3) is 7.07. The van der Waals surface area contributed by atoms with Gasteiger partial charge in [0.05, 0.1) is 0 Å². The van der Waals surface area contributed by atoms with Crippen molar-refractivity contribution in [1.82, 2.24) is 0 Å². The van der Waals surface area contributed by atoms with E-state index >= 15 is 0 Å². The van der Waals surface area contributed by atoms with Crippen molar-refractivity contribution in [2.45, 2.75) is 84.5 Å². The van der Waals surface area contributed by atoms with E-state index in [1.165, 1.54) is 84.7 Å². The highest BCUT2D eigenvalue weighted by Crippen LogP contribution is 2.33. The summed E-state index contributed by atoms with van der Waals surface area (Å²) in [7, 11) is 0. The predicted octanol–water partition coefficient (Wildman–Crippen LogP) is 9.24. The van der Waals surface area contributed by atoms with Gasteiger partial charge in [-0.1, -0.05) is 125 Å². The largest absolute Gasteiger partial charge is 0.0654 e. The van der Waals surface area contributed by atoms with E-state index in [1.54, 1.807) is 0 Å². The first-order valence-electron chi connectivity index (χ1n) is 13.5. The monoisotopic (exact) mass is 438 g/mol. The van der Waals surface area contributed by atoms with Crippen LogP contribution < -0.4 is 0 Å². The molecule has 0 aliphatic heterocycles. The molecule has 4 rings (SSSR count). The van der Waals surface area contributed by atoms with E-state index in [1.807, 2.05) is 0 Å². The maximum Gasteiger partial charge on any atom is -0.0184 e. The fraction of sp³-hybridized carbons (Fsp3) is 0.455. The predicted molar refractivity (Wildman–Crippen MR) is 144 cm³/mol. The zero-order valence-electron chi connectivity index (χ0n) is 20.9. The highest BCUT2D eigenvalue weighted by Gasteiger charge is 2.20. The van der Waals surface area contributed by atoms with Crippen LogP contribution in [0.25, 0.3) is 11.1 Å². The number of hydrogen-bond acceptors (Lipinski definition) is 0. The second kappa shape index (κ2) is 12.2. The highest BCUT2D eigenvalue weighted by molar-refractivity contribution is 5.64. The van der Waals surface area contributed by atoms with E-state index in [2.05, 4.69) is 86.6 Å². The molecule has 3 aromatic rings. The van der Waals surface area contributed by atoms with Crippen LogP contribution in [0.5, 0.6) is 0 Å². The van der Waals surface area contributed by atoms with E-state index in [0.29, 0.717) is 0 Å². The third-order valence-electron chi connectivity index (χ3n) is 7.88. The van der Waals surface area contributed by atoms with E-state index in [4.69, 9.17) is 0 Å². The van der Waals surface area contributed by atoms with Crippen molar-refractivity contribution in [2.24, 2.45) is 11.8 Å². The maximum atomic E-state index is 2.38. The third-order valence-corrected chi connectivity index (χ3v) is 7.88. The molecule has 0 radical (unpaired) electrons. The van der Waals surface area contributed by atoms with Crippen LogP contribution in [-0.4, -0.2) is 0 Å². The van der Waals surface area contributed by atoms with Gasteiger partial charge in [0.25, 0.3) is 0 Å². The molecule has 0 nitrogen and oxygen atoms in total. The van der Waals surface area contributed by atoms with Crippen LogP contribution in [0.15, 0.2) is 72.8 Å². The summed E-state index contributed by atoms with van der Waals surface area (Å²) < 4.78 is 0. The molecular weight excluding hydrogens is 396 g/mol. The minimum absolute atomic E-state index is 0.963. The SMILES string of the molecule is CCCC1CCC(CCc2ccc(CCc3ccc(-c4ccc(CC)cc4)cc3)cc2)CC1. The molecule has 0 unspecified atom stereocenters. The molecular formula is C33H42. The summed E-state index contributed by atoms with van der Waals surface area (Å²) in [6.07, 6.45) is 14.6. The molecule has 174 valence electrons. The minimum Gasteiger partial charge on any atom is -0.0654 e. The summed E-state index contributed by atoms with van der Waals surface area (Å²) in [5.74, 6) is 1.99. The van der Waals surface area contributed by atoms with Gasteiger partial charge in [0.15, 0.2) is 0 Å². The molecule has 0 heterocycles. The van der Waals surface area contributed by atoms with Gasteiger partial charge in [-0.3, -0.25) is 0 Å². The second-order valence-electron chi connectivity index (χ2n) is 10.3. The van der Waals surface area contributed by atoms with E-state index in [-0.39, 0.29) is 0 Å². The van der Waals surface area contributed by atoms with Gasteiger partial charge in [0.2, 0.25) is 0 Å². The van der Waals surface area contributed by atoms with Crippen LogP contribution in [0.1, 0.15) is 81.0 Å². The van der Waals surface area contributed by atoms with E-state index in [0.717, 1.165) is 31.1 Å². The smallest absolute Gasteiger partial charge is 0.0184 e. The summed E-state index contributed by atoms with van der Waals surface area (Å²) in [4.78, 5) is 0. The Morgan fingerprint density at radius 2 is 0.879 bits per heavy atom. The normalized spacial score (nSPS) is 18.4. The van der Waals surface area contributed by atoms with Crippen molar-refractivity contribution in [3.63, 3.8) is 0 Å². The Bertz CT molecular complexity index is 938. The first-order chi connectivity index (χ1) is 16.2. The quantitative estimate of drug-likeness (QED) is 0.296. The first-order valence-corrected chi connectivity index (χ1v) is 13.5. The lowest BCUT2D eigenvalue weighted by Gasteiger charge is -2.28. The number of hydrogen-bond donors (Lipinski definition) is 0. The average Bonchev–Trinajstić information content (AvgIpc) is 2.88. The maximum absolute atomic E-state index is 2.38. The van der Waals surface area contributed by atoms with Gasteiger partial charge in [0, 0.05) is 0 Å². The Hall–Kier alpha value is -2.34. The van der Waals surface area contributed by atoms with Crippen LogP contribution in [0.3, 0.4) is 0 Å². The van der Waals surface area contributed by atoms with E-state index in [9.17, 15) is 0 Å². The van der Waals surface area contributed by atoms with E-state index < -0.39 is 0 Å². The van der Waals surface area contributed by atoms with Crippen molar-refractivity contribution >= 4 is 0 Å². The Labute approximate surface area is 202 Å². The minimum atomic E-state index is 0.963. The molecule has 0 amide bonds. The molecule has 0 aromatic heterocycles. The molecule has 1 aliphatic rings. The number of aryl methyl sites for hydroxylation is 4. The lowest BCUT2D eigenvalue weighted by Crippen LogP contribution is -2.15. The van der Waals surface area contributed by atoms with Gasteiger partial charge >= 0.3 is 0 Å². The summed E-state index contributed by atoms with van der Waals surface area (Å²) in [6, 6.07) is 27.6. The van der Waals surface area contributed by atoms with Crippen LogP contribution in [0, 0.1) is 11.8 Å². The zero-order valence-corrected chi connectivity index (χ0v) is 20.9. The molecule has 1 saturated carbocycles. The van der Waals surface area contributed by atoms with Gasteiger partial charge in [-0.25, -0.2) is 0 Å². The highest BCUT2D eigenvalue weighted by atomic mass is 14.3. The Morgan fingerprint density at radius 1 is 0.485 bits per heavy atom. The standard InChI is InChI=1S/C33H42/c1-3-5-27-6-8-28(9-7-27)10-11-29-12-14-30(15-13-29)16-17-31-20-24-33(25-21-31)32-22-18-26(4-2)19-23-32/h12-15,18-25,27-28H,3-11,16-17H2,1-2H3. The van der Waals surface area contributed by atoms with Crippen LogP contribution in [-0.2, 0) is 25.7 Å². The Kier molecular flexibility index (Phi) is 8.81. The molecule has 1 fully saturated rings. The lowest BCUT2D eigenvalue weighted by molar-refractivity contribution is 0.252. The van der Waals surface area contributed by atoms with Gasteiger partial charge in [0.1, 0.15) is 0 Å². The average molecular weight is 439 g/mol. The molecule has 0 N–H and O–H groups in total. The van der Waals surface area contributed by atoms with Gasteiger partial charge in [-0.15, -0.1) is 0 Å². The lowest BCUT2D eigenvalue weighted by atomic mass is 9.78. The van der Waals surface area contributed by atoms with Crippen LogP contribution >= 0.6 is 0 Å². The summed E-state index contributed by atoms with van der Waals surface area (Å²) in [6.45, 7) is 4.54. The molecule has 3 aromatic carbocycles. The molecule has 0 spiro atoms. The Morgan fingerprint density at radius 3 is 1.33 bits per heavy atom. The molecule has 0 heteroatoms. The number of benzene rings is 3. The van der Waals surface area contributed by atoms with Gasteiger partial charge in [-0.05, 0) is 77.3 Å². The zero-order chi connectivity index (χ0) is 22.9. The first kappa shape index (κ1) is 23.8. The fourth-order valence-corrected chi connectivity index (χ4v) is 5.55. The topological polar surface area (TPSA) is 0 Å². The second-order valence-corrected chi connectivity index (χ2v) is 10.3. The van der Waals surface area contributed by atoms with Crippen molar-refractivity contribution in [3.05, 3.63) is 95.1 Å². The summed E-state index contributed by atoms with van der Waals surface area (Å²) in [5.41, 5.74) is 8.42. The van der Waals surface area contributed by atoms with Crippen molar-refractivity contribution in [1.29, 1.82) is 0 Å². The van der Waals surface area contributed by atoms with Crippen LogP contribution in [0.4, 0.5) is 0 Å². The fourth-order valence-electron chi connectivity index (χ4n) is 5.55.